The molecule has 0 aliphatic carbocycles. The van der Waals surface area contributed by atoms with Gasteiger partial charge in [0.25, 0.3) is 0 Å². The lowest BCUT2D eigenvalue weighted by Gasteiger charge is -2.06. The van der Waals surface area contributed by atoms with Gasteiger partial charge in [0.1, 0.15) is 30.5 Å². The van der Waals surface area contributed by atoms with Gasteiger partial charge in [-0.1, -0.05) is 60.7 Å². The molecule has 5 rings (SSSR count). The molecule has 0 radical (unpaired) electrons. The quantitative estimate of drug-likeness (QED) is 0.159. The highest BCUT2D eigenvalue weighted by Crippen LogP contribution is 2.27. The van der Waals surface area contributed by atoms with Crippen molar-refractivity contribution >= 4 is 51.9 Å². The third-order valence-electron chi connectivity index (χ3n) is 5.31. The van der Waals surface area contributed by atoms with Crippen molar-refractivity contribution in [1.82, 2.24) is 0 Å². The maximum atomic E-state index is 11.4. The Kier molecular flexibility index (Phi) is 13.3. The van der Waals surface area contributed by atoms with Crippen LogP contribution in [0, 0.1) is 0 Å². The Balaban J connectivity index is 0.000000183. The summed E-state index contributed by atoms with van der Waals surface area (Å²) in [6.45, 7) is 0.833. The van der Waals surface area contributed by atoms with Crippen molar-refractivity contribution < 1.29 is 43.5 Å². The third kappa shape index (κ3) is 10.3. The van der Waals surface area contributed by atoms with Gasteiger partial charge in [-0.3, -0.25) is 0 Å². The fourth-order valence-electron chi connectivity index (χ4n) is 3.24. The summed E-state index contributed by atoms with van der Waals surface area (Å²) in [4.78, 5) is 34.0. The number of carboxylic acids is 1. The molecule has 43 heavy (non-hydrogen) atoms. The zero-order chi connectivity index (χ0) is 31.0. The van der Waals surface area contributed by atoms with Gasteiger partial charge in [-0.2, -0.15) is 0 Å². The Hall–Kier alpha value is -4.65. The minimum atomic E-state index is -0.946. The molecule has 0 unspecified atom stereocenters. The van der Waals surface area contributed by atoms with E-state index in [0.29, 0.717) is 29.6 Å². The van der Waals surface area contributed by atoms with Crippen LogP contribution in [0.3, 0.4) is 0 Å². The standard InChI is InChI=1S/C13H12O3S.C12H10O3S.C6H6O3S/c1-15-13(14)12-11(7-8-17-12)16-9-10-5-3-2-4-6-10;13-12(14)11-10(6-7-16-11)15-8-9-4-2-1-3-5-9;1-9-6(8)5-4(7)2-3-10-5/h2-8H,9H2,1H3;1-7H,8H2,(H,13,14);2-3,7H,1H3. The molecule has 0 saturated heterocycles. The van der Waals surface area contributed by atoms with E-state index in [-0.39, 0.29) is 21.5 Å². The summed E-state index contributed by atoms with van der Waals surface area (Å²) in [5.74, 6) is -0.808. The number of ether oxygens (including phenoxy) is 4. The smallest absolute Gasteiger partial charge is 0.351 e. The first-order valence-electron chi connectivity index (χ1n) is 12.5. The number of aromatic hydroxyl groups is 1. The van der Waals surface area contributed by atoms with E-state index in [1.807, 2.05) is 66.0 Å². The predicted molar refractivity (Wildman–Crippen MR) is 166 cm³/mol. The van der Waals surface area contributed by atoms with Crippen molar-refractivity contribution in [3.05, 3.63) is 121 Å². The van der Waals surface area contributed by atoms with Crippen molar-refractivity contribution in [2.24, 2.45) is 0 Å². The van der Waals surface area contributed by atoms with E-state index in [0.717, 1.165) is 22.5 Å². The molecule has 9 nitrogen and oxygen atoms in total. The Morgan fingerprint density at radius 2 is 1.02 bits per heavy atom. The third-order valence-corrected chi connectivity index (χ3v) is 7.96. The van der Waals surface area contributed by atoms with Gasteiger partial charge in [-0.15, -0.1) is 34.0 Å². The number of carboxylic acid groups (broad SMARTS) is 1. The molecule has 0 aliphatic rings. The van der Waals surface area contributed by atoms with Gasteiger partial charge in [-0.25, -0.2) is 14.4 Å². The van der Waals surface area contributed by atoms with Gasteiger partial charge in [-0.05, 0) is 45.5 Å². The minimum absolute atomic E-state index is 0.0168. The van der Waals surface area contributed by atoms with Crippen LogP contribution in [0.4, 0.5) is 0 Å². The van der Waals surface area contributed by atoms with E-state index in [9.17, 15) is 14.4 Å². The zero-order valence-electron chi connectivity index (χ0n) is 23.1. The summed E-state index contributed by atoms with van der Waals surface area (Å²) in [7, 11) is 2.64. The molecule has 0 aliphatic heterocycles. The first kappa shape index (κ1) is 32.9. The molecule has 2 N–H and O–H groups in total. The number of hydrogen-bond donors (Lipinski definition) is 2. The van der Waals surface area contributed by atoms with Gasteiger partial charge in [0.05, 0.1) is 14.2 Å². The van der Waals surface area contributed by atoms with Gasteiger partial charge >= 0.3 is 17.9 Å². The molecule has 5 aromatic rings. The van der Waals surface area contributed by atoms with E-state index < -0.39 is 11.9 Å². The van der Waals surface area contributed by atoms with Crippen molar-refractivity contribution in [3.8, 4) is 17.2 Å². The molecule has 0 bridgehead atoms. The molecule has 0 atom stereocenters. The largest absolute Gasteiger partial charge is 0.506 e. The second-order valence-corrected chi connectivity index (χ2v) is 10.9. The number of methoxy groups -OCH3 is 2. The highest BCUT2D eigenvalue weighted by Gasteiger charge is 2.15. The van der Waals surface area contributed by atoms with Gasteiger partial charge < -0.3 is 29.2 Å². The summed E-state index contributed by atoms with van der Waals surface area (Å²) < 4.78 is 20.1. The zero-order valence-corrected chi connectivity index (χ0v) is 25.6. The SMILES string of the molecule is COC(=O)c1sccc1O.COC(=O)c1sccc1OCc1ccccc1.O=C(O)c1sccc1OCc1ccccc1. The summed E-state index contributed by atoms with van der Waals surface area (Å²) >= 11 is 3.64. The first-order valence-corrected chi connectivity index (χ1v) is 15.1. The Morgan fingerprint density at radius 1 is 0.605 bits per heavy atom. The van der Waals surface area contributed by atoms with Crippen LogP contribution in [-0.2, 0) is 22.7 Å². The number of aromatic carboxylic acids is 1. The number of thiophene rings is 3. The van der Waals surface area contributed by atoms with Crippen molar-refractivity contribution in [3.63, 3.8) is 0 Å². The minimum Gasteiger partial charge on any atom is -0.506 e. The molecule has 3 aromatic heterocycles. The highest BCUT2D eigenvalue weighted by molar-refractivity contribution is 7.13. The molecule has 224 valence electrons. The van der Waals surface area contributed by atoms with Gasteiger partial charge in [0, 0.05) is 0 Å². The summed E-state index contributed by atoms with van der Waals surface area (Å²) in [5.41, 5.74) is 2.08. The lowest BCUT2D eigenvalue weighted by atomic mass is 10.2. The summed E-state index contributed by atoms with van der Waals surface area (Å²) in [5, 5.41) is 23.0. The van der Waals surface area contributed by atoms with E-state index in [4.69, 9.17) is 19.7 Å². The number of carbonyl (C=O) groups is 3. The summed E-state index contributed by atoms with van der Waals surface area (Å²) in [6.07, 6.45) is 0. The van der Waals surface area contributed by atoms with E-state index in [1.165, 1.54) is 43.0 Å². The van der Waals surface area contributed by atoms with Crippen LogP contribution in [-0.4, -0.2) is 42.3 Å². The van der Waals surface area contributed by atoms with E-state index >= 15 is 0 Å². The summed E-state index contributed by atoms with van der Waals surface area (Å²) in [6, 6.07) is 24.4. The molecule has 12 heteroatoms. The van der Waals surface area contributed by atoms with Crippen LogP contribution in [0.1, 0.15) is 40.1 Å². The van der Waals surface area contributed by atoms with Crippen molar-refractivity contribution in [2.45, 2.75) is 13.2 Å². The Bertz CT molecular complexity index is 1570. The second kappa shape index (κ2) is 17.3. The van der Waals surface area contributed by atoms with Crippen LogP contribution in [0.2, 0.25) is 0 Å². The normalized spacial score (nSPS) is 9.81. The number of rotatable bonds is 9. The topological polar surface area (TPSA) is 129 Å². The van der Waals surface area contributed by atoms with Crippen molar-refractivity contribution in [2.75, 3.05) is 14.2 Å². The maximum absolute atomic E-state index is 11.4. The Morgan fingerprint density at radius 3 is 1.47 bits per heavy atom. The molecule has 0 fully saturated rings. The monoisotopic (exact) mass is 640 g/mol. The van der Waals surface area contributed by atoms with Crippen molar-refractivity contribution in [1.29, 1.82) is 0 Å². The predicted octanol–water partition coefficient (Wildman–Crippen LogP) is 7.38. The number of carbonyl (C=O) groups excluding carboxylic acids is 2. The Labute approximate surface area is 260 Å². The molecular weight excluding hydrogens is 613 g/mol. The van der Waals surface area contributed by atoms with Crippen LogP contribution < -0.4 is 9.47 Å². The number of esters is 2. The molecular formula is C31H28O9S3. The van der Waals surface area contributed by atoms with E-state index in [2.05, 4.69) is 9.47 Å². The van der Waals surface area contributed by atoms with Gasteiger partial charge in [0.15, 0.2) is 14.6 Å². The average molecular weight is 641 g/mol. The molecule has 0 amide bonds. The molecule has 3 heterocycles. The highest BCUT2D eigenvalue weighted by atomic mass is 32.1. The second-order valence-electron chi connectivity index (χ2n) is 8.20. The number of hydrogen-bond acceptors (Lipinski definition) is 11. The molecule has 2 aromatic carbocycles. The lowest BCUT2D eigenvalue weighted by molar-refractivity contribution is 0.0593. The fraction of sp³-hybridized carbons (Fsp3) is 0.129. The van der Waals surface area contributed by atoms with Gasteiger partial charge in [0.2, 0.25) is 0 Å². The van der Waals surface area contributed by atoms with Crippen LogP contribution in [0.15, 0.2) is 95.0 Å². The average Bonchev–Trinajstić information content (AvgIpc) is 3.81. The molecule has 0 spiro atoms. The van der Waals surface area contributed by atoms with Crippen LogP contribution in [0.5, 0.6) is 17.2 Å². The maximum Gasteiger partial charge on any atom is 0.351 e. The van der Waals surface area contributed by atoms with Crippen LogP contribution in [0.25, 0.3) is 0 Å². The van der Waals surface area contributed by atoms with Crippen LogP contribution >= 0.6 is 34.0 Å². The molecule has 0 saturated carbocycles. The fourth-order valence-corrected chi connectivity index (χ4v) is 5.36. The van der Waals surface area contributed by atoms with E-state index in [1.54, 1.807) is 22.9 Å². The lowest BCUT2D eigenvalue weighted by Crippen LogP contribution is -2.02. The number of benzene rings is 2. The first-order chi connectivity index (χ1) is 20.8.